The summed E-state index contributed by atoms with van der Waals surface area (Å²) in [5.74, 6) is -0.701. The molecular weight excluding hydrogens is 525 g/mol. The average Bonchev–Trinajstić information content (AvgIpc) is 2.76. The standard InChI is InChI=1S/C26H35F3N2O6S/c1-18(2)16-31(38(34,35)21-13-11-20(12-14-21)36-26(27,28)29)17-23(32)22(15-19-9-7-6-8-10-19)30-24(33)37-25(3,4)5/h6-14,18,22-23,32H,15-17H2,1-5H3,(H,30,33)/t22-,23+/m0/s1. The number of sulfonamides is 1. The van der Waals surface area contributed by atoms with E-state index >= 15 is 0 Å². The lowest BCUT2D eigenvalue weighted by molar-refractivity contribution is -0.274. The van der Waals surface area contributed by atoms with Gasteiger partial charge in [-0.15, -0.1) is 13.2 Å². The first-order chi connectivity index (χ1) is 17.5. The Labute approximate surface area is 221 Å². The SMILES string of the molecule is CC(C)CN(C[C@@H](O)[C@H](Cc1ccccc1)NC(=O)OC(C)(C)C)S(=O)(=O)c1ccc(OC(F)(F)F)cc1. The van der Waals surface area contributed by atoms with Crippen molar-refractivity contribution in [3.63, 3.8) is 0 Å². The van der Waals surface area contributed by atoms with Crippen LogP contribution in [-0.2, 0) is 21.2 Å². The highest BCUT2D eigenvalue weighted by Crippen LogP contribution is 2.26. The van der Waals surface area contributed by atoms with Gasteiger partial charge in [0.1, 0.15) is 11.4 Å². The minimum atomic E-state index is -4.91. The Kier molecular flexibility index (Phi) is 10.6. The van der Waals surface area contributed by atoms with Gasteiger partial charge in [0.05, 0.1) is 17.0 Å². The van der Waals surface area contributed by atoms with Crippen molar-refractivity contribution in [1.29, 1.82) is 0 Å². The molecule has 0 spiro atoms. The maximum absolute atomic E-state index is 13.4. The molecular formula is C26H35F3N2O6S. The smallest absolute Gasteiger partial charge is 0.444 e. The lowest BCUT2D eigenvalue weighted by atomic mass is 10.0. The lowest BCUT2D eigenvalue weighted by Gasteiger charge is -2.31. The molecule has 0 fully saturated rings. The van der Waals surface area contributed by atoms with Crippen LogP contribution in [0, 0.1) is 5.92 Å². The third-order valence-electron chi connectivity index (χ3n) is 5.12. The van der Waals surface area contributed by atoms with E-state index in [0.29, 0.717) is 0 Å². The van der Waals surface area contributed by atoms with E-state index in [1.54, 1.807) is 46.8 Å². The van der Waals surface area contributed by atoms with Gasteiger partial charge in [-0.25, -0.2) is 13.2 Å². The van der Waals surface area contributed by atoms with Gasteiger partial charge < -0.3 is 19.9 Å². The van der Waals surface area contributed by atoms with Gasteiger partial charge in [0, 0.05) is 13.1 Å². The number of aliphatic hydroxyl groups is 1. The van der Waals surface area contributed by atoms with Crippen molar-refractivity contribution in [3.8, 4) is 5.75 Å². The number of ether oxygens (including phenoxy) is 2. The molecule has 0 aliphatic rings. The van der Waals surface area contributed by atoms with Crippen LogP contribution in [0.1, 0.15) is 40.2 Å². The van der Waals surface area contributed by atoms with Gasteiger partial charge in [0.2, 0.25) is 10.0 Å². The first kappa shape index (κ1) is 31.4. The van der Waals surface area contributed by atoms with E-state index in [2.05, 4.69) is 10.1 Å². The van der Waals surface area contributed by atoms with Crippen LogP contribution in [0.5, 0.6) is 5.75 Å². The third kappa shape index (κ3) is 10.5. The van der Waals surface area contributed by atoms with Gasteiger partial charge in [-0.1, -0.05) is 44.2 Å². The maximum atomic E-state index is 13.4. The number of alkyl halides is 3. The summed E-state index contributed by atoms with van der Waals surface area (Å²) in [4.78, 5) is 12.2. The molecule has 0 aliphatic heterocycles. The van der Waals surface area contributed by atoms with Crippen LogP contribution >= 0.6 is 0 Å². The van der Waals surface area contributed by atoms with Crippen molar-refractivity contribution in [3.05, 3.63) is 60.2 Å². The van der Waals surface area contributed by atoms with E-state index in [1.165, 1.54) is 0 Å². The van der Waals surface area contributed by atoms with Crippen molar-refractivity contribution < 1.29 is 41.0 Å². The molecule has 12 heteroatoms. The van der Waals surface area contributed by atoms with Crippen molar-refractivity contribution >= 4 is 16.1 Å². The molecule has 2 rings (SSSR count). The largest absolute Gasteiger partial charge is 0.573 e. The summed E-state index contributed by atoms with van der Waals surface area (Å²) in [5, 5.41) is 13.8. The van der Waals surface area contributed by atoms with Gasteiger partial charge in [0.25, 0.3) is 0 Å². The molecule has 212 valence electrons. The van der Waals surface area contributed by atoms with Crippen LogP contribution in [0.25, 0.3) is 0 Å². The Morgan fingerprint density at radius 2 is 1.58 bits per heavy atom. The fourth-order valence-corrected chi connectivity index (χ4v) is 5.21. The monoisotopic (exact) mass is 560 g/mol. The molecule has 0 unspecified atom stereocenters. The summed E-state index contributed by atoms with van der Waals surface area (Å²) in [7, 11) is -4.22. The number of carbonyl (C=O) groups is 1. The summed E-state index contributed by atoms with van der Waals surface area (Å²) in [6.07, 6.45) is -6.83. The summed E-state index contributed by atoms with van der Waals surface area (Å²) in [5.41, 5.74) is 0.00701. The van der Waals surface area contributed by atoms with Crippen LogP contribution < -0.4 is 10.1 Å². The highest BCUT2D eigenvalue weighted by molar-refractivity contribution is 7.89. The normalized spacial score (nSPS) is 14.3. The number of alkyl carbamates (subject to hydrolysis) is 1. The molecule has 0 heterocycles. The Hall–Kier alpha value is -2.83. The minimum Gasteiger partial charge on any atom is -0.444 e. The molecule has 0 aromatic heterocycles. The summed E-state index contributed by atoms with van der Waals surface area (Å²) >= 11 is 0. The van der Waals surface area contributed by atoms with Crippen LogP contribution in [0.15, 0.2) is 59.5 Å². The third-order valence-corrected chi connectivity index (χ3v) is 6.97. The molecule has 0 aliphatic carbocycles. The van der Waals surface area contributed by atoms with Crippen LogP contribution in [0.4, 0.5) is 18.0 Å². The second-order valence-electron chi connectivity index (χ2n) is 10.2. The summed E-state index contributed by atoms with van der Waals surface area (Å²) in [6.45, 7) is 8.29. The second kappa shape index (κ2) is 12.8. The van der Waals surface area contributed by atoms with E-state index in [9.17, 15) is 31.5 Å². The lowest BCUT2D eigenvalue weighted by Crippen LogP contribution is -2.51. The molecule has 2 N–H and O–H groups in total. The van der Waals surface area contributed by atoms with Gasteiger partial charge in [0.15, 0.2) is 0 Å². The Balaban J connectivity index is 2.31. The Morgan fingerprint density at radius 1 is 1.00 bits per heavy atom. The Morgan fingerprint density at radius 3 is 2.08 bits per heavy atom. The molecule has 2 atom stereocenters. The predicted molar refractivity (Wildman–Crippen MR) is 136 cm³/mol. The van der Waals surface area contributed by atoms with E-state index in [0.717, 1.165) is 34.1 Å². The zero-order valence-electron chi connectivity index (χ0n) is 22.0. The van der Waals surface area contributed by atoms with E-state index < -0.39 is 46.0 Å². The number of nitrogens with zero attached hydrogens (tertiary/aromatic N) is 1. The highest BCUT2D eigenvalue weighted by Gasteiger charge is 2.33. The molecule has 0 bridgehead atoms. The van der Waals surface area contributed by atoms with Gasteiger partial charge in [-0.05, 0) is 62.9 Å². The van der Waals surface area contributed by atoms with Crippen LogP contribution in [0.3, 0.4) is 0 Å². The average molecular weight is 561 g/mol. The summed E-state index contributed by atoms with van der Waals surface area (Å²) in [6, 6.07) is 12.0. The van der Waals surface area contributed by atoms with Crippen LogP contribution in [-0.4, -0.2) is 61.1 Å². The zero-order chi connectivity index (χ0) is 28.7. The van der Waals surface area contributed by atoms with Crippen molar-refractivity contribution in [1.82, 2.24) is 9.62 Å². The number of amides is 1. The molecule has 2 aromatic carbocycles. The van der Waals surface area contributed by atoms with Gasteiger partial charge >= 0.3 is 12.5 Å². The molecule has 0 saturated carbocycles. The highest BCUT2D eigenvalue weighted by atomic mass is 32.2. The number of rotatable bonds is 11. The first-order valence-corrected chi connectivity index (χ1v) is 13.5. The van der Waals surface area contributed by atoms with Crippen molar-refractivity contribution in [2.45, 2.75) is 70.0 Å². The molecule has 0 radical (unpaired) electrons. The number of aliphatic hydroxyl groups excluding tert-OH is 1. The van der Waals surface area contributed by atoms with E-state index in [-0.39, 0.29) is 30.3 Å². The second-order valence-corrected chi connectivity index (χ2v) is 12.2. The number of hydrogen-bond donors (Lipinski definition) is 2. The topological polar surface area (TPSA) is 105 Å². The Bertz CT molecular complexity index is 1130. The number of benzene rings is 2. The maximum Gasteiger partial charge on any atom is 0.573 e. The zero-order valence-corrected chi connectivity index (χ0v) is 22.8. The van der Waals surface area contributed by atoms with E-state index in [4.69, 9.17) is 4.74 Å². The van der Waals surface area contributed by atoms with Crippen molar-refractivity contribution in [2.24, 2.45) is 5.92 Å². The number of nitrogens with one attached hydrogen (secondary N) is 1. The van der Waals surface area contributed by atoms with E-state index in [1.807, 2.05) is 18.2 Å². The molecule has 8 nitrogen and oxygen atoms in total. The molecule has 38 heavy (non-hydrogen) atoms. The summed E-state index contributed by atoms with van der Waals surface area (Å²) < 4.78 is 74.5. The van der Waals surface area contributed by atoms with Gasteiger partial charge in [-0.2, -0.15) is 4.31 Å². The first-order valence-electron chi connectivity index (χ1n) is 12.0. The number of hydrogen-bond acceptors (Lipinski definition) is 6. The fourth-order valence-electron chi connectivity index (χ4n) is 3.59. The molecule has 1 amide bonds. The molecule has 2 aromatic rings. The van der Waals surface area contributed by atoms with Gasteiger partial charge in [-0.3, -0.25) is 0 Å². The quantitative estimate of drug-likeness (QED) is 0.412. The molecule has 0 saturated heterocycles. The predicted octanol–water partition coefficient (Wildman–Crippen LogP) is 4.73. The van der Waals surface area contributed by atoms with Crippen LogP contribution in [0.2, 0.25) is 0 Å². The minimum absolute atomic E-state index is 0.0185. The fraction of sp³-hybridized carbons (Fsp3) is 0.500. The number of halogens is 3. The number of carbonyl (C=O) groups excluding carboxylic acids is 1. The van der Waals surface area contributed by atoms with Crippen molar-refractivity contribution in [2.75, 3.05) is 13.1 Å².